The lowest BCUT2D eigenvalue weighted by molar-refractivity contribution is -0.140. The Bertz CT molecular complexity index is 2270. The number of Topliss-reactive ketones (excluding diaryl/α,β-unsaturated/α-hetero) is 1. The van der Waals surface area contributed by atoms with Crippen molar-refractivity contribution in [3.63, 3.8) is 0 Å². The summed E-state index contributed by atoms with van der Waals surface area (Å²) < 4.78 is 34.6. The molecule has 2 N–H and O–H groups in total. The fourth-order valence-electron chi connectivity index (χ4n) is 7.77. The van der Waals surface area contributed by atoms with Crippen LogP contribution in [0.25, 0.3) is 21.8 Å². The van der Waals surface area contributed by atoms with Gasteiger partial charge in [-0.15, -0.1) is 0 Å². The van der Waals surface area contributed by atoms with Crippen LogP contribution in [0.15, 0.2) is 67.4 Å². The zero-order valence-corrected chi connectivity index (χ0v) is 30.3. The molecule has 1 aromatic carbocycles. The maximum atomic E-state index is 14.6. The number of nitrogens with zero attached hydrogens (tertiary/aromatic N) is 6. The lowest BCUT2D eigenvalue weighted by atomic mass is 9.91. The Labute approximate surface area is 311 Å². The van der Waals surface area contributed by atoms with E-state index in [1.807, 2.05) is 36.4 Å². The fraction of sp³-hybridized carbons (Fsp3) is 0.447. The highest BCUT2D eigenvalue weighted by atomic mass is 32.2. The molecule has 5 atom stereocenters. The zero-order chi connectivity index (χ0) is 37.5. The highest BCUT2D eigenvalue weighted by Gasteiger charge is 2.61. The van der Waals surface area contributed by atoms with E-state index in [-0.39, 0.29) is 42.5 Å². The molecule has 8 rings (SSSR count). The first-order chi connectivity index (χ1) is 26.1. The van der Waals surface area contributed by atoms with Crippen LogP contribution in [0.3, 0.4) is 0 Å². The fourth-order valence-corrected chi connectivity index (χ4v) is 9.15. The van der Waals surface area contributed by atoms with Crippen LogP contribution in [0.4, 0.5) is 0 Å². The van der Waals surface area contributed by atoms with E-state index in [0.29, 0.717) is 49.6 Å². The Balaban J connectivity index is 1.12. The number of allylic oxidation sites excluding steroid dienone is 2. The van der Waals surface area contributed by atoms with Crippen molar-refractivity contribution in [3.05, 3.63) is 73.0 Å². The van der Waals surface area contributed by atoms with Crippen LogP contribution >= 0.6 is 0 Å². The Hall–Kier alpha value is -5.38. The van der Waals surface area contributed by atoms with Crippen LogP contribution in [-0.2, 0) is 24.4 Å². The summed E-state index contributed by atoms with van der Waals surface area (Å²) >= 11 is 0. The molecule has 16 heteroatoms. The molecule has 15 nitrogen and oxygen atoms in total. The molecule has 0 unspecified atom stereocenters. The minimum atomic E-state index is -3.86. The standard InChI is InChI=1S/C38H40N8O7S/c47-32-18-38(37(50)45-54(51,52)26-12-13-26)17-24(38)8-4-2-1-3-5-11-30(43-34(48)23-14-15-41-42-19-23)36(49)46-21-25(16-31(32)46)53-35-28-10-7-6-9-27(28)29-20-39-22-40-33(29)44-35/h4,6-10,14-15,19-20,22,24-26,30-31H,1-3,5,11-13,16-18,21H2,(H,43,48)(H,45,50)/b8-4-/t24-,25-,30+,31+,38-/m1/s1. The van der Waals surface area contributed by atoms with Gasteiger partial charge in [0.05, 0.1) is 41.2 Å². The van der Waals surface area contributed by atoms with Crippen LogP contribution in [0.1, 0.15) is 74.6 Å². The van der Waals surface area contributed by atoms with Gasteiger partial charge in [-0.2, -0.15) is 15.2 Å². The molecule has 4 aromatic rings. The van der Waals surface area contributed by atoms with Crippen LogP contribution in [0.5, 0.6) is 5.88 Å². The second-order valence-electron chi connectivity index (χ2n) is 14.7. The molecule has 4 aliphatic rings. The molecular weight excluding hydrogens is 713 g/mol. The number of pyridine rings is 1. The average molecular weight is 753 g/mol. The van der Waals surface area contributed by atoms with Gasteiger partial charge in [-0.05, 0) is 62.0 Å². The Morgan fingerprint density at radius 3 is 2.59 bits per heavy atom. The number of carbonyl (C=O) groups is 4. The molecule has 3 amide bonds. The molecule has 54 heavy (non-hydrogen) atoms. The second-order valence-corrected chi connectivity index (χ2v) is 16.7. The van der Waals surface area contributed by atoms with E-state index in [9.17, 15) is 27.6 Å². The van der Waals surface area contributed by atoms with Gasteiger partial charge in [0.15, 0.2) is 11.4 Å². The van der Waals surface area contributed by atoms with Gasteiger partial charge < -0.3 is 15.0 Å². The normalized spacial score (nSPS) is 26.9. The number of ether oxygens (including phenoxy) is 1. The molecule has 0 bridgehead atoms. The molecule has 3 aromatic heterocycles. The Morgan fingerprint density at radius 2 is 1.80 bits per heavy atom. The van der Waals surface area contributed by atoms with Crippen LogP contribution in [-0.4, -0.2) is 92.0 Å². The van der Waals surface area contributed by atoms with Gasteiger partial charge in [0, 0.05) is 29.8 Å². The van der Waals surface area contributed by atoms with Crippen molar-refractivity contribution in [2.24, 2.45) is 11.3 Å². The molecule has 0 radical (unpaired) electrons. The number of amides is 3. The number of carbonyl (C=O) groups excluding carboxylic acids is 4. The topological polar surface area (TPSA) is 203 Å². The van der Waals surface area contributed by atoms with Gasteiger partial charge in [0.2, 0.25) is 27.7 Å². The third-order valence-corrected chi connectivity index (χ3v) is 12.8. The summed E-state index contributed by atoms with van der Waals surface area (Å²) in [4.78, 5) is 70.9. The highest BCUT2D eigenvalue weighted by Crippen LogP contribution is 2.57. The number of nitrogens with one attached hydrogen (secondary N) is 2. The SMILES string of the molecule is O=C(N[C@H]1CCCCC/C=C\[C@@H]2C[C@@]2(C(=O)NS(=O)(=O)C2CC2)CC(=O)[C@@H]2C[C@@H](Oc3nc4ncncc4c4ccccc34)CN2C1=O)c1ccnnc1. The van der Waals surface area contributed by atoms with Crippen molar-refractivity contribution in [2.75, 3.05) is 6.54 Å². The molecule has 1 saturated heterocycles. The van der Waals surface area contributed by atoms with Crippen molar-refractivity contribution < 1.29 is 32.3 Å². The lowest BCUT2D eigenvalue weighted by Crippen LogP contribution is -2.52. The van der Waals surface area contributed by atoms with E-state index < -0.39 is 56.6 Å². The number of rotatable bonds is 7. The maximum absolute atomic E-state index is 14.6. The summed E-state index contributed by atoms with van der Waals surface area (Å²) in [5, 5.41) is 12.1. The summed E-state index contributed by atoms with van der Waals surface area (Å²) in [6, 6.07) is 7.06. The van der Waals surface area contributed by atoms with Gasteiger partial charge in [-0.1, -0.05) is 43.2 Å². The van der Waals surface area contributed by atoms with Gasteiger partial charge in [-0.25, -0.2) is 18.4 Å². The summed E-state index contributed by atoms with van der Waals surface area (Å²) in [7, 11) is -3.86. The van der Waals surface area contributed by atoms with Gasteiger partial charge in [0.1, 0.15) is 18.5 Å². The highest BCUT2D eigenvalue weighted by molar-refractivity contribution is 7.90. The van der Waals surface area contributed by atoms with Crippen LogP contribution in [0, 0.1) is 11.3 Å². The van der Waals surface area contributed by atoms with E-state index in [4.69, 9.17) is 9.72 Å². The van der Waals surface area contributed by atoms with E-state index in [1.54, 1.807) is 6.20 Å². The van der Waals surface area contributed by atoms with Crippen LogP contribution < -0.4 is 14.8 Å². The van der Waals surface area contributed by atoms with Gasteiger partial charge in [0.25, 0.3) is 5.91 Å². The lowest BCUT2D eigenvalue weighted by Gasteiger charge is -2.29. The van der Waals surface area contributed by atoms with Crippen molar-refractivity contribution in [2.45, 2.75) is 87.6 Å². The smallest absolute Gasteiger partial charge is 0.253 e. The molecule has 2 saturated carbocycles. The number of hydrogen-bond donors (Lipinski definition) is 2. The number of aromatic nitrogens is 5. The Morgan fingerprint density at radius 1 is 0.963 bits per heavy atom. The zero-order valence-electron chi connectivity index (χ0n) is 29.5. The number of ketones is 1. The average Bonchev–Trinajstić information content (AvgIpc) is 4.11. The van der Waals surface area contributed by atoms with E-state index in [0.717, 1.165) is 23.6 Å². The second kappa shape index (κ2) is 14.5. The molecule has 3 fully saturated rings. The van der Waals surface area contributed by atoms with Crippen molar-refractivity contribution in [1.82, 2.24) is 40.1 Å². The summed E-state index contributed by atoms with van der Waals surface area (Å²) in [5.74, 6) is -2.06. The monoisotopic (exact) mass is 752 g/mol. The summed E-state index contributed by atoms with van der Waals surface area (Å²) in [6.45, 7) is 0.00876. The molecule has 0 spiro atoms. The third-order valence-electron chi connectivity index (χ3n) is 11.0. The van der Waals surface area contributed by atoms with Crippen LogP contribution in [0.2, 0.25) is 0 Å². The summed E-state index contributed by atoms with van der Waals surface area (Å²) in [6.07, 6.45) is 13.4. The van der Waals surface area contributed by atoms with Crippen molar-refractivity contribution in [3.8, 4) is 5.88 Å². The number of hydrogen-bond acceptors (Lipinski definition) is 12. The molecule has 2 aliphatic heterocycles. The molecular formula is C38H40N8O7S. The van der Waals surface area contributed by atoms with Gasteiger partial charge >= 0.3 is 0 Å². The van der Waals surface area contributed by atoms with Gasteiger partial charge in [-0.3, -0.25) is 23.9 Å². The Kier molecular flexibility index (Phi) is 9.54. The number of benzene rings is 1. The molecule has 280 valence electrons. The van der Waals surface area contributed by atoms with E-state index >= 15 is 0 Å². The van der Waals surface area contributed by atoms with Crippen molar-refractivity contribution in [1.29, 1.82) is 0 Å². The first-order valence-electron chi connectivity index (χ1n) is 18.4. The van der Waals surface area contributed by atoms with E-state index in [2.05, 4.69) is 30.2 Å². The largest absolute Gasteiger partial charge is 0.472 e. The molecule has 5 heterocycles. The molecule has 2 aliphatic carbocycles. The van der Waals surface area contributed by atoms with E-state index in [1.165, 1.54) is 29.7 Å². The predicted molar refractivity (Wildman–Crippen MR) is 195 cm³/mol. The minimum Gasteiger partial charge on any atom is -0.472 e. The maximum Gasteiger partial charge on any atom is 0.253 e. The first kappa shape index (κ1) is 35.6. The third kappa shape index (κ3) is 7.13. The summed E-state index contributed by atoms with van der Waals surface area (Å²) in [5.41, 5.74) is -0.601. The quantitative estimate of drug-likeness (QED) is 0.206. The minimum absolute atomic E-state index is 0.00876. The predicted octanol–water partition coefficient (Wildman–Crippen LogP) is 3.21. The first-order valence-corrected chi connectivity index (χ1v) is 20.0. The van der Waals surface area contributed by atoms with Crippen molar-refractivity contribution >= 4 is 55.3 Å². The number of sulfonamides is 1. The number of fused-ring (bicyclic) bond motifs is 5.